The van der Waals surface area contributed by atoms with Crippen LogP contribution in [0.3, 0.4) is 0 Å². The number of benzene rings is 2. The summed E-state index contributed by atoms with van der Waals surface area (Å²) in [6.07, 6.45) is 1.62. The van der Waals surface area contributed by atoms with E-state index in [0.717, 1.165) is 16.7 Å². The van der Waals surface area contributed by atoms with Crippen LogP contribution >= 0.6 is 0 Å². The van der Waals surface area contributed by atoms with Crippen LogP contribution in [0, 0.1) is 13.8 Å². The van der Waals surface area contributed by atoms with E-state index in [1.807, 2.05) is 62.4 Å². The highest BCUT2D eigenvalue weighted by atomic mass is 16.5. The predicted octanol–water partition coefficient (Wildman–Crippen LogP) is 2.83. The zero-order valence-electron chi connectivity index (χ0n) is 12.2. The van der Waals surface area contributed by atoms with Gasteiger partial charge in [0, 0.05) is 0 Å². The average Bonchev–Trinajstić information content (AvgIpc) is 2.49. The van der Waals surface area contributed by atoms with Gasteiger partial charge in [-0.2, -0.15) is 5.10 Å². The first-order chi connectivity index (χ1) is 10.1. The second-order valence-corrected chi connectivity index (χ2v) is 4.75. The molecule has 2 aromatic carbocycles. The molecule has 0 fully saturated rings. The number of carbonyl (C=O) groups is 1. The van der Waals surface area contributed by atoms with Gasteiger partial charge in [0.15, 0.2) is 6.61 Å². The van der Waals surface area contributed by atoms with Crippen molar-refractivity contribution in [3.8, 4) is 5.75 Å². The van der Waals surface area contributed by atoms with Crippen molar-refractivity contribution in [1.29, 1.82) is 0 Å². The number of hydrogen-bond donors (Lipinski definition) is 1. The van der Waals surface area contributed by atoms with Crippen LogP contribution < -0.4 is 10.2 Å². The topological polar surface area (TPSA) is 50.7 Å². The van der Waals surface area contributed by atoms with Gasteiger partial charge in [-0.05, 0) is 37.1 Å². The van der Waals surface area contributed by atoms with Gasteiger partial charge in [-0.25, -0.2) is 5.43 Å². The van der Waals surface area contributed by atoms with Crippen molar-refractivity contribution in [2.75, 3.05) is 6.61 Å². The maximum Gasteiger partial charge on any atom is 0.277 e. The molecule has 0 saturated heterocycles. The second-order valence-electron chi connectivity index (χ2n) is 4.75. The summed E-state index contributed by atoms with van der Waals surface area (Å²) in [5.41, 5.74) is 5.67. The smallest absolute Gasteiger partial charge is 0.277 e. The third kappa shape index (κ3) is 4.76. The van der Waals surface area contributed by atoms with E-state index in [-0.39, 0.29) is 12.5 Å². The number of hydrazone groups is 1. The molecule has 0 aliphatic rings. The summed E-state index contributed by atoms with van der Waals surface area (Å²) < 4.78 is 5.36. The molecular weight excluding hydrogens is 264 g/mol. The summed E-state index contributed by atoms with van der Waals surface area (Å²) in [6.45, 7) is 3.93. The van der Waals surface area contributed by atoms with Crippen LogP contribution in [-0.2, 0) is 4.79 Å². The Labute approximate surface area is 124 Å². The summed E-state index contributed by atoms with van der Waals surface area (Å²) >= 11 is 0. The minimum Gasteiger partial charge on any atom is -0.484 e. The molecule has 0 unspecified atom stereocenters. The van der Waals surface area contributed by atoms with Crippen LogP contribution in [0.25, 0.3) is 0 Å². The lowest BCUT2D eigenvalue weighted by molar-refractivity contribution is -0.123. The van der Waals surface area contributed by atoms with Gasteiger partial charge in [-0.15, -0.1) is 0 Å². The molecule has 0 bridgehead atoms. The second kappa shape index (κ2) is 7.24. The number of nitrogens with zero attached hydrogens (tertiary/aromatic N) is 1. The molecule has 1 amide bonds. The molecule has 0 aromatic heterocycles. The molecule has 108 valence electrons. The minimum absolute atomic E-state index is 0.0613. The molecule has 4 nitrogen and oxygen atoms in total. The van der Waals surface area contributed by atoms with Gasteiger partial charge < -0.3 is 4.74 Å². The lowest BCUT2D eigenvalue weighted by Crippen LogP contribution is -2.24. The number of rotatable bonds is 5. The maximum absolute atomic E-state index is 11.6. The summed E-state index contributed by atoms with van der Waals surface area (Å²) in [5.74, 6) is 0.374. The summed E-state index contributed by atoms with van der Waals surface area (Å²) in [5, 5.41) is 3.92. The molecule has 1 N–H and O–H groups in total. The number of nitrogens with one attached hydrogen (secondary N) is 1. The Kier molecular flexibility index (Phi) is 5.10. The van der Waals surface area contributed by atoms with Gasteiger partial charge >= 0.3 is 0 Å². The van der Waals surface area contributed by atoms with Crippen molar-refractivity contribution in [1.82, 2.24) is 5.43 Å². The van der Waals surface area contributed by atoms with Crippen LogP contribution in [-0.4, -0.2) is 18.7 Å². The standard InChI is InChI=1S/C17H18N2O2/c1-13-7-9-16(10-8-13)21-12-17(20)19-18-11-15-6-4-3-5-14(15)2/h3-11H,12H2,1-2H3,(H,19,20)/b18-11+. The normalized spacial score (nSPS) is 10.6. The lowest BCUT2D eigenvalue weighted by atomic mass is 10.1. The summed E-state index contributed by atoms with van der Waals surface area (Å²) in [7, 11) is 0. The lowest BCUT2D eigenvalue weighted by Gasteiger charge is -2.05. The van der Waals surface area contributed by atoms with Crippen molar-refractivity contribution >= 4 is 12.1 Å². The predicted molar refractivity (Wildman–Crippen MR) is 83.6 cm³/mol. The van der Waals surface area contributed by atoms with E-state index in [0.29, 0.717) is 5.75 Å². The van der Waals surface area contributed by atoms with E-state index in [1.54, 1.807) is 6.21 Å². The molecular formula is C17H18N2O2. The van der Waals surface area contributed by atoms with E-state index >= 15 is 0 Å². The van der Waals surface area contributed by atoms with E-state index in [1.165, 1.54) is 0 Å². The number of hydrogen-bond acceptors (Lipinski definition) is 3. The Balaban J connectivity index is 1.80. The van der Waals surface area contributed by atoms with Gasteiger partial charge in [-0.1, -0.05) is 42.0 Å². The minimum atomic E-state index is -0.291. The Hall–Kier alpha value is -2.62. The fourth-order valence-corrected chi connectivity index (χ4v) is 1.72. The van der Waals surface area contributed by atoms with Gasteiger partial charge in [-0.3, -0.25) is 4.79 Å². The molecule has 21 heavy (non-hydrogen) atoms. The molecule has 2 aromatic rings. The van der Waals surface area contributed by atoms with E-state index in [4.69, 9.17) is 4.74 Å². The van der Waals surface area contributed by atoms with Crippen LogP contribution in [0.4, 0.5) is 0 Å². The largest absolute Gasteiger partial charge is 0.484 e. The van der Waals surface area contributed by atoms with Crippen molar-refractivity contribution in [3.05, 3.63) is 65.2 Å². The number of amides is 1. The van der Waals surface area contributed by atoms with Crippen LogP contribution in [0.1, 0.15) is 16.7 Å². The van der Waals surface area contributed by atoms with Crippen LogP contribution in [0.5, 0.6) is 5.75 Å². The Morgan fingerprint density at radius 1 is 1.14 bits per heavy atom. The SMILES string of the molecule is Cc1ccc(OCC(=O)N/N=C/c2ccccc2C)cc1. The van der Waals surface area contributed by atoms with Crippen LogP contribution in [0.15, 0.2) is 53.6 Å². The molecule has 4 heteroatoms. The van der Waals surface area contributed by atoms with Gasteiger partial charge in [0.1, 0.15) is 5.75 Å². The first kappa shape index (κ1) is 14.8. The summed E-state index contributed by atoms with van der Waals surface area (Å²) in [4.78, 5) is 11.6. The molecule has 0 radical (unpaired) electrons. The Morgan fingerprint density at radius 3 is 2.57 bits per heavy atom. The third-order valence-corrected chi connectivity index (χ3v) is 2.97. The molecule has 2 rings (SSSR count). The highest BCUT2D eigenvalue weighted by Crippen LogP contribution is 2.10. The fourth-order valence-electron chi connectivity index (χ4n) is 1.72. The van der Waals surface area contributed by atoms with Crippen molar-refractivity contribution in [2.45, 2.75) is 13.8 Å². The Morgan fingerprint density at radius 2 is 1.86 bits per heavy atom. The van der Waals surface area contributed by atoms with Crippen molar-refractivity contribution in [3.63, 3.8) is 0 Å². The monoisotopic (exact) mass is 282 g/mol. The van der Waals surface area contributed by atoms with Gasteiger partial charge in [0.25, 0.3) is 5.91 Å². The molecule has 0 aliphatic carbocycles. The molecule has 0 spiro atoms. The average molecular weight is 282 g/mol. The number of carbonyl (C=O) groups excluding carboxylic acids is 1. The van der Waals surface area contributed by atoms with Gasteiger partial charge in [0.2, 0.25) is 0 Å². The molecule has 0 atom stereocenters. The first-order valence-corrected chi connectivity index (χ1v) is 6.72. The van der Waals surface area contributed by atoms with Gasteiger partial charge in [0.05, 0.1) is 6.21 Å². The van der Waals surface area contributed by atoms with E-state index in [2.05, 4.69) is 10.5 Å². The highest BCUT2D eigenvalue weighted by Gasteiger charge is 2.01. The molecule has 0 aliphatic heterocycles. The van der Waals surface area contributed by atoms with E-state index < -0.39 is 0 Å². The Bertz CT molecular complexity index is 633. The zero-order chi connectivity index (χ0) is 15.1. The van der Waals surface area contributed by atoms with Crippen molar-refractivity contribution in [2.24, 2.45) is 5.10 Å². The maximum atomic E-state index is 11.6. The highest BCUT2D eigenvalue weighted by molar-refractivity contribution is 5.84. The van der Waals surface area contributed by atoms with Crippen molar-refractivity contribution < 1.29 is 9.53 Å². The van der Waals surface area contributed by atoms with Crippen LogP contribution in [0.2, 0.25) is 0 Å². The third-order valence-electron chi connectivity index (χ3n) is 2.97. The molecule has 0 heterocycles. The first-order valence-electron chi connectivity index (χ1n) is 6.72. The number of aryl methyl sites for hydroxylation is 2. The van der Waals surface area contributed by atoms with E-state index in [9.17, 15) is 4.79 Å². The fraction of sp³-hybridized carbons (Fsp3) is 0.176. The molecule has 0 saturated carbocycles. The zero-order valence-corrected chi connectivity index (χ0v) is 12.2. The summed E-state index contributed by atoms with van der Waals surface area (Å²) in [6, 6.07) is 15.3. The quantitative estimate of drug-likeness (QED) is 0.677. The number of ether oxygens (including phenoxy) is 1.